The maximum atomic E-state index is 13.7. The summed E-state index contributed by atoms with van der Waals surface area (Å²) >= 11 is 0. The van der Waals surface area contributed by atoms with Crippen molar-refractivity contribution in [2.24, 2.45) is 0 Å². The molecule has 2 aromatic rings. The van der Waals surface area contributed by atoms with Crippen molar-refractivity contribution in [3.05, 3.63) is 59.5 Å². The highest BCUT2D eigenvalue weighted by Crippen LogP contribution is 2.19. The van der Waals surface area contributed by atoms with Crippen LogP contribution < -0.4 is 0 Å². The van der Waals surface area contributed by atoms with Crippen LogP contribution in [0.15, 0.2) is 59.1 Å². The van der Waals surface area contributed by atoms with E-state index in [-0.39, 0.29) is 0 Å². The van der Waals surface area contributed by atoms with Gasteiger partial charge in [0.25, 0.3) is 15.0 Å². The van der Waals surface area contributed by atoms with E-state index in [1.807, 2.05) is 0 Å². The molecule has 1 aromatic carbocycles. The lowest BCUT2D eigenvalue weighted by Crippen LogP contribution is -2.06. The molecule has 0 radical (unpaired) electrons. The van der Waals surface area contributed by atoms with E-state index < -0.39 is 20.2 Å². The normalized spacial score (nSPS) is 12.4. The molecule has 0 atom stereocenters. The maximum Gasteiger partial charge on any atom is 0.268 e. The van der Waals surface area contributed by atoms with Gasteiger partial charge in [-0.15, -0.1) is 0 Å². The molecule has 0 aliphatic rings. The molecule has 0 N–H and O–H groups in total. The van der Waals surface area contributed by atoms with Crippen LogP contribution in [0.25, 0.3) is 6.08 Å². The minimum absolute atomic E-state index is 0.453. The second-order valence-corrected chi connectivity index (χ2v) is 5.16. The fourth-order valence-electron chi connectivity index (χ4n) is 1.27. The van der Waals surface area contributed by atoms with Gasteiger partial charge in [-0.2, -0.15) is 4.39 Å². The summed E-state index contributed by atoms with van der Waals surface area (Å²) in [6, 6.07) is 9.78. The Hall–Kier alpha value is -2.08. The second kappa shape index (κ2) is 5.05. The first-order chi connectivity index (χ1) is 8.60. The maximum absolute atomic E-state index is 13.7. The Labute approximate surface area is 104 Å². The van der Waals surface area contributed by atoms with Crippen molar-refractivity contribution in [1.82, 2.24) is 9.97 Å². The highest BCUT2D eigenvalue weighted by molar-refractivity contribution is 7.95. The molecule has 1 aromatic heterocycles. The van der Waals surface area contributed by atoms with Gasteiger partial charge in [-0.3, -0.25) is 0 Å². The number of sulfone groups is 1. The van der Waals surface area contributed by atoms with Crippen LogP contribution in [-0.2, 0) is 9.84 Å². The summed E-state index contributed by atoms with van der Waals surface area (Å²) in [7, 11) is -4.26. The predicted octanol–water partition coefficient (Wildman–Crippen LogP) is 2.22. The van der Waals surface area contributed by atoms with Gasteiger partial charge in [0, 0.05) is 12.4 Å². The minimum Gasteiger partial charge on any atom is -0.226 e. The molecule has 0 fully saturated rings. The zero-order valence-electron chi connectivity index (χ0n) is 9.19. The Morgan fingerprint density at radius 2 is 1.67 bits per heavy atom. The van der Waals surface area contributed by atoms with Crippen LogP contribution in [0.3, 0.4) is 0 Å². The third kappa shape index (κ3) is 2.60. The first kappa shape index (κ1) is 12.4. The number of rotatable bonds is 3. The number of aromatic nitrogens is 2. The zero-order valence-corrected chi connectivity index (χ0v) is 10.0. The molecule has 0 aliphatic heterocycles. The lowest BCUT2D eigenvalue weighted by atomic mass is 10.2. The first-order valence-electron chi connectivity index (χ1n) is 5.05. The highest BCUT2D eigenvalue weighted by atomic mass is 32.2. The third-order valence-corrected chi connectivity index (χ3v) is 3.44. The van der Waals surface area contributed by atoms with Crippen LogP contribution in [0, 0.1) is 0 Å². The fourth-order valence-corrected chi connectivity index (χ4v) is 2.13. The molecule has 0 saturated heterocycles. The van der Waals surface area contributed by atoms with Crippen LogP contribution in [0.4, 0.5) is 4.39 Å². The highest BCUT2D eigenvalue weighted by Gasteiger charge is 2.23. The molecule has 0 amide bonds. The summed E-state index contributed by atoms with van der Waals surface area (Å²) in [6.07, 6.45) is 3.43. The molecule has 0 bridgehead atoms. The number of hydrogen-bond acceptors (Lipinski definition) is 4. The summed E-state index contributed by atoms with van der Waals surface area (Å²) in [5, 5.41) is -1.82. The van der Waals surface area contributed by atoms with Gasteiger partial charge in [-0.05, 0) is 17.7 Å². The van der Waals surface area contributed by atoms with Crippen LogP contribution >= 0.6 is 0 Å². The Balaban J connectivity index is 2.40. The number of nitrogens with zero attached hydrogens (tertiary/aromatic N) is 2. The molecule has 0 saturated carbocycles. The van der Waals surface area contributed by atoms with Gasteiger partial charge < -0.3 is 0 Å². The minimum atomic E-state index is -4.26. The molecular formula is C12H9FN2O2S. The van der Waals surface area contributed by atoms with Crippen LogP contribution in [0.1, 0.15) is 5.56 Å². The topological polar surface area (TPSA) is 59.9 Å². The van der Waals surface area contributed by atoms with Crippen molar-refractivity contribution in [3.8, 4) is 0 Å². The molecular weight excluding hydrogens is 255 g/mol. The second-order valence-electron chi connectivity index (χ2n) is 3.39. The smallest absolute Gasteiger partial charge is 0.226 e. The van der Waals surface area contributed by atoms with Crippen molar-refractivity contribution < 1.29 is 12.8 Å². The van der Waals surface area contributed by atoms with Gasteiger partial charge in [0.15, 0.2) is 0 Å². The molecule has 0 unspecified atom stereocenters. The van der Waals surface area contributed by atoms with Gasteiger partial charge in [-0.25, -0.2) is 18.4 Å². The van der Waals surface area contributed by atoms with E-state index >= 15 is 0 Å². The Kier molecular flexibility index (Phi) is 3.47. The van der Waals surface area contributed by atoms with Crippen LogP contribution in [0.5, 0.6) is 0 Å². The number of benzene rings is 1. The lowest BCUT2D eigenvalue weighted by molar-refractivity contribution is 0.571. The summed E-state index contributed by atoms with van der Waals surface area (Å²) in [5.41, 5.74) is 0.453. The summed E-state index contributed by atoms with van der Waals surface area (Å²) in [5.74, 6) is 0. The van der Waals surface area contributed by atoms with Gasteiger partial charge in [0.2, 0.25) is 5.16 Å². The van der Waals surface area contributed by atoms with Gasteiger partial charge in [-0.1, -0.05) is 30.3 Å². The Bertz CT molecular complexity index is 655. The average molecular weight is 264 g/mol. The molecule has 4 nitrogen and oxygen atoms in total. The van der Waals surface area contributed by atoms with Crippen molar-refractivity contribution >= 4 is 15.9 Å². The van der Waals surface area contributed by atoms with Crippen molar-refractivity contribution in [1.29, 1.82) is 0 Å². The van der Waals surface area contributed by atoms with Crippen LogP contribution in [0.2, 0.25) is 0 Å². The van der Waals surface area contributed by atoms with E-state index in [1.54, 1.807) is 30.3 Å². The number of hydrogen-bond donors (Lipinski definition) is 0. The van der Waals surface area contributed by atoms with E-state index in [4.69, 9.17) is 0 Å². The summed E-state index contributed by atoms with van der Waals surface area (Å²) in [6.45, 7) is 0. The van der Waals surface area contributed by atoms with E-state index in [1.165, 1.54) is 18.5 Å². The molecule has 2 rings (SSSR count). The monoisotopic (exact) mass is 264 g/mol. The van der Waals surface area contributed by atoms with Gasteiger partial charge >= 0.3 is 0 Å². The quantitative estimate of drug-likeness (QED) is 0.797. The SMILES string of the molecule is O=S(=O)(/C(F)=C/c1ccccc1)c1ncccn1. The predicted molar refractivity (Wildman–Crippen MR) is 64.7 cm³/mol. The van der Waals surface area contributed by atoms with E-state index in [0.717, 1.165) is 6.08 Å². The molecule has 92 valence electrons. The van der Waals surface area contributed by atoms with E-state index in [9.17, 15) is 12.8 Å². The summed E-state index contributed by atoms with van der Waals surface area (Å²) < 4.78 is 37.3. The van der Waals surface area contributed by atoms with Crippen molar-refractivity contribution in [2.75, 3.05) is 0 Å². The Morgan fingerprint density at radius 1 is 1.06 bits per heavy atom. The van der Waals surface area contributed by atoms with Crippen LogP contribution in [-0.4, -0.2) is 18.4 Å². The largest absolute Gasteiger partial charge is 0.268 e. The number of halogens is 1. The standard InChI is InChI=1S/C12H9FN2O2S/c13-11(9-10-5-2-1-3-6-10)18(16,17)12-14-7-4-8-15-12/h1-9H/b11-9+. The molecule has 0 spiro atoms. The van der Waals surface area contributed by atoms with Gasteiger partial charge in [0.1, 0.15) is 0 Å². The zero-order chi connectivity index (χ0) is 13.0. The summed E-state index contributed by atoms with van der Waals surface area (Å²) in [4.78, 5) is 7.07. The van der Waals surface area contributed by atoms with Crippen molar-refractivity contribution in [3.63, 3.8) is 0 Å². The van der Waals surface area contributed by atoms with E-state index in [2.05, 4.69) is 9.97 Å². The van der Waals surface area contributed by atoms with E-state index in [0.29, 0.717) is 5.56 Å². The lowest BCUT2D eigenvalue weighted by Gasteiger charge is -1.99. The molecule has 18 heavy (non-hydrogen) atoms. The fraction of sp³-hybridized carbons (Fsp3) is 0. The van der Waals surface area contributed by atoms with Gasteiger partial charge in [0.05, 0.1) is 0 Å². The molecule has 0 aliphatic carbocycles. The average Bonchev–Trinajstić information content (AvgIpc) is 2.41. The molecule has 1 heterocycles. The first-order valence-corrected chi connectivity index (χ1v) is 6.53. The molecule has 6 heteroatoms. The third-order valence-electron chi connectivity index (χ3n) is 2.12. The van der Waals surface area contributed by atoms with Crippen molar-refractivity contribution in [2.45, 2.75) is 5.16 Å². The Morgan fingerprint density at radius 3 is 2.28 bits per heavy atom.